The quantitative estimate of drug-likeness (QED) is 0.860. The first-order valence-electron chi connectivity index (χ1n) is 4.99. The molecule has 1 aliphatic heterocycles. The predicted molar refractivity (Wildman–Crippen MR) is 68.4 cm³/mol. The summed E-state index contributed by atoms with van der Waals surface area (Å²) in [4.78, 5) is 13.0. The van der Waals surface area contributed by atoms with Gasteiger partial charge < -0.3 is 10.6 Å². The molecule has 0 saturated heterocycles. The van der Waals surface area contributed by atoms with Gasteiger partial charge in [-0.2, -0.15) is 0 Å². The van der Waals surface area contributed by atoms with Crippen molar-refractivity contribution in [3.63, 3.8) is 0 Å². The Morgan fingerprint density at radius 2 is 2.19 bits per heavy atom. The minimum atomic E-state index is -0.152. The zero-order valence-electron chi connectivity index (χ0n) is 8.40. The van der Waals surface area contributed by atoms with Crippen molar-refractivity contribution >= 4 is 40.0 Å². The van der Waals surface area contributed by atoms with E-state index in [1.54, 1.807) is 22.7 Å². The van der Waals surface area contributed by atoms with Crippen molar-refractivity contribution in [1.82, 2.24) is 0 Å². The first-order valence-corrected chi connectivity index (χ1v) is 6.81. The summed E-state index contributed by atoms with van der Waals surface area (Å²) in [6.07, 6.45) is 0.749. The van der Waals surface area contributed by atoms with Crippen LogP contribution in [0.4, 0.5) is 11.4 Å². The summed E-state index contributed by atoms with van der Waals surface area (Å²) in [5, 5.41) is 12.2. The molecule has 0 aliphatic carbocycles. The number of anilines is 2. The highest BCUT2D eigenvalue weighted by Crippen LogP contribution is 2.31. The molecule has 2 aromatic heterocycles. The third kappa shape index (κ3) is 1.72. The molecule has 3 nitrogen and oxygen atoms in total. The monoisotopic (exact) mass is 250 g/mol. The van der Waals surface area contributed by atoms with E-state index in [1.807, 2.05) is 22.2 Å². The Morgan fingerprint density at radius 1 is 1.31 bits per heavy atom. The summed E-state index contributed by atoms with van der Waals surface area (Å²) in [6.45, 7) is 0. The maximum atomic E-state index is 11.8. The van der Waals surface area contributed by atoms with Crippen molar-refractivity contribution in [1.29, 1.82) is 0 Å². The third-order valence-electron chi connectivity index (χ3n) is 2.55. The molecule has 1 amide bonds. The van der Waals surface area contributed by atoms with E-state index in [4.69, 9.17) is 0 Å². The van der Waals surface area contributed by atoms with Crippen LogP contribution in [0.1, 0.15) is 4.88 Å². The van der Waals surface area contributed by atoms with Crippen molar-refractivity contribution in [2.24, 2.45) is 0 Å². The highest BCUT2D eigenvalue weighted by atomic mass is 32.1. The summed E-state index contributed by atoms with van der Waals surface area (Å²) in [6, 6.07) is 3.92. The number of hydrogen-bond donors (Lipinski definition) is 2. The molecular weight excluding hydrogens is 240 g/mol. The lowest BCUT2D eigenvalue weighted by Crippen LogP contribution is -2.39. The average Bonchev–Trinajstić information content (AvgIpc) is 2.89. The first-order chi connectivity index (χ1) is 7.83. The highest BCUT2D eigenvalue weighted by molar-refractivity contribution is 7.10. The lowest BCUT2D eigenvalue weighted by atomic mass is 10.1. The zero-order chi connectivity index (χ0) is 11.0. The van der Waals surface area contributed by atoms with Crippen molar-refractivity contribution in [2.45, 2.75) is 12.5 Å². The molecule has 1 unspecified atom stereocenters. The van der Waals surface area contributed by atoms with Crippen LogP contribution >= 0.6 is 22.7 Å². The minimum absolute atomic E-state index is 0.0549. The topological polar surface area (TPSA) is 41.1 Å². The standard InChI is InChI=1S/C11H10N2OS2/c14-11-8(4-7-2-1-3-16-7)12-9-5-15-6-10(9)13-11/h1-3,5-6,8,12H,4H2,(H,13,14). The first kappa shape index (κ1) is 9.86. The Labute approximate surface area is 101 Å². The van der Waals surface area contributed by atoms with Gasteiger partial charge >= 0.3 is 0 Å². The molecular formula is C11H10N2OS2. The molecule has 0 spiro atoms. The van der Waals surface area contributed by atoms with Gasteiger partial charge in [-0.3, -0.25) is 4.79 Å². The smallest absolute Gasteiger partial charge is 0.247 e. The second-order valence-electron chi connectivity index (χ2n) is 3.67. The zero-order valence-corrected chi connectivity index (χ0v) is 10.0. The van der Waals surface area contributed by atoms with E-state index in [0.29, 0.717) is 0 Å². The molecule has 3 heterocycles. The largest absolute Gasteiger partial charge is 0.371 e. The fourth-order valence-corrected chi connectivity index (χ4v) is 3.23. The number of rotatable bonds is 2. The highest BCUT2D eigenvalue weighted by Gasteiger charge is 2.26. The van der Waals surface area contributed by atoms with Gasteiger partial charge in [0, 0.05) is 22.1 Å². The molecule has 5 heteroatoms. The molecule has 0 bridgehead atoms. The van der Waals surface area contributed by atoms with E-state index in [9.17, 15) is 4.79 Å². The van der Waals surface area contributed by atoms with Crippen molar-refractivity contribution in [3.8, 4) is 0 Å². The second kappa shape index (κ2) is 3.92. The molecule has 3 rings (SSSR count). The molecule has 0 saturated carbocycles. The van der Waals surface area contributed by atoms with E-state index in [-0.39, 0.29) is 11.9 Å². The van der Waals surface area contributed by atoms with Gasteiger partial charge in [-0.25, -0.2) is 0 Å². The average molecular weight is 250 g/mol. The number of hydrogen-bond acceptors (Lipinski definition) is 4. The SMILES string of the molecule is O=C1Nc2cscc2NC1Cc1cccs1. The molecule has 0 radical (unpaired) electrons. The van der Waals surface area contributed by atoms with Crippen LogP contribution in [0.25, 0.3) is 0 Å². The van der Waals surface area contributed by atoms with Crippen LogP contribution in [0.3, 0.4) is 0 Å². The molecule has 2 N–H and O–H groups in total. The summed E-state index contributed by atoms with van der Waals surface area (Å²) in [5.41, 5.74) is 1.93. The van der Waals surface area contributed by atoms with Crippen LogP contribution in [0.15, 0.2) is 28.3 Å². The fraction of sp³-hybridized carbons (Fsp3) is 0.182. The molecule has 1 aliphatic rings. The van der Waals surface area contributed by atoms with Crippen LogP contribution in [0.5, 0.6) is 0 Å². The van der Waals surface area contributed by atoms with Gasteiger partial charge in [0.2, 0.25) is 5.91 Å². The Kier molecular flexibility index (Phi) is 2.41. The Bertz CT molecular complexity index is 504. The van der Waals surface area contributed by atoms with E-state index in [2.05, 4.69) is 16.7 Å². The molecule has 2 aromatic rings. The lowest BCUT2D eigenvalue weighted by Gasteiger charge is -2.24. The van der Waals surface area contributed by atoms with Crippen LogP contribution in [0.2, 0.25) is 0 Å². The summed E-state index contributed by atoms with van der Waals surface area (Å²) in [7, 11) is 0. The Balaban J connectivity index is 1.80. The van der Waals surface area contributed by atoms with Gasteiger partial charge in [-0.15, -0.1) is 22.7 Å². The molecule has 1 atom stereocenters. The van der Waals surface area contributed by atoms with E-state index < -0.39 is 0 Å². The van der Waals surface area contributed by atoms with Crippen molar-refractivity contribution in [3.05, 3.63) is 33.2 Å². The molecule has 0 aromatic carbocycles. The number of nitrogens with one attached hydrogen (secondary N) is 2. The third-order valence-corrected chi connectivity index (χ3v) is 4.19. The van der Waals surface area contributed by atoms with E-state index in [0.717, 1.165) is 17.8 Å². The van der Waals surface area contributed by atoms with Gasteiger partial charge in [0.05, 0.1) is 11.4 Å². The number of thiophene rings is 2. The summed E-state index contributed by atoms with van der Waals surface area (Å²) >= 11 is 3.28. The molecule has 0 fully saturated rings. The number of carbonyl (C=O) groups excluding carboxylic acids is 1. The summed E-state index contributed by atoms with van der Waals surface area (Å²) in [5.74, 6) is 0.0549. The van der Waals surface area contributed by atoms with Gasteiger partial charge in [-0.05, 0) is 11.4 Å². The predicted octanol–water partition coefficient (Wildman–Crippen LogP) is 2.78. The fourth-order valence-electron chi connectivity index (χ4n) is 1.75. The van der Waals surface area contributed by atoms with Gasteiger partial charge in [0.1, 0.15) is 6.04 Å². The van der Waals surface area contributed by atoms with Crippen LogP contribution in [-0.2, 0) is 11.2 Å². The maximum absolute atomic E-state index is 11.8. The van der Waals surface area contributed by atoms with Crippen LogP contribution in [-0.4, -0.2) is 11.9 Å². The van der Waals surface area contributed by atoms with E-state index >= 15 is 0 Å². The molecule has 82 valence electrons. The number of fused-ring (bicyclic) bond motifs is 1. The summed E-state index contributed by atoms with van der Waals surface area (Å²) < 4.78 is 0. The minimum Gasteiger partial charge on any atom is -0.371 e. The Hall–Kier alpha value is -1.33. The van der Waals surface area contributed by atoms with Gasteiger partial charge in [0.25, 0.3) is 0 Å². The second-order valence-corrected chi connectivity index (χ2v) is 5.44. The maximum Gasteiger partial charge on any atom is 0.247 e. The van der Waals surface area contributed by atoms with E-state index in [1.165, 1.54) is 4.88 Å². The van der Waals surface area contributed by atoms with Crippen LogP contribution in [0, 0.1) is 0 Å². The normalized spacial score (nSPS) is 18.8. The van der Waals surface area contributed by atoms with Crippen LogP contribution < -0.4 is 10.6 Å². The molecule has 16 heavy (non-hydrogen) atoms. The van der Waals surface area contributed by atoms with Crippen molar-refractivity contribution in [2.75, 3.05) is 10.6 Å². The number of amides is 1. The number of carbonyl (C=O) groups is 1. The lowest BCUT2D eigenvalue weighted by molar-refractivity contribution is -0.117. The van der Waals surface area contributed by atoms with Gasteiger partial charge in [0.15, 0.2) is 0 Å². The Morgan fingerprint density at radius 3 is 3.00 bits per heavy atom. The van der Waals surface area contributed by atoms with Gasteiger partial charge in [-0.1, -0.05) is 6.07 Å². The van der Waals surface area contributed by atoms with Crippen molar-refractivity contribution < 1.29 is 4.79 Å².